The van der Waals surface area contributed by atoms with E-state index in [0.29, 0.717) is 5.69 Å². The van der Waals surface area contributed by atoms with Crippen molar-refractivity contribution >= 4 is 58.4 Å². The van der Waals surface area contributed by atoms with E-state index in [1.165, 1.54) is 31.4 Å². The highest BCUT2D eigenvalue weighted by molar-refractivity contribution is 8.00. The van der Waals surface area contributed by atoms with Crippen LogP contribution in [0, 0.1) is 5.82 Å². The van der Waals surface area contributed by atoms with Gasteiger partial charge in [0.05, 0.1) is 28.9 Å². The smallest absolute Gasteiger partial charge is 0.337 e. The van der Waals surface area contributed by atoms with E-state index in [1.807, 2.05) is 4.31 Å². The summed E-state index contributed by atoms with van der Waals surface area (Å²) in [6, 6.07) is 7.16. The van der Waals surface area contributed by atoms with Crippen molar-refractivity contribution in [2.45, 2.75) is 6.42 Å². The number of hydrogen-bond donors (Lipinski definition) is 1. The van der Waals surface area contributed by atoms with Gasteiger partial charge in [-0.1, -0.05) is 23.2 Å². The summed E-state index contributed by atoms with van der Waals surface area (Å²) in [6.45, 7) is 0.767. The number of nitrogens with zero attached hydrogens (tertiary/aromatic N) is 1. The first-order valence-corrected chi connectivity index (χ1v) is 9.68. The third kappa shape index (κ3) is 4.48. The van der Waals surface area contributed by atoms with E-state index in [1.54, 1.807) is 18.0 Å². The molecule has 0 spiro atoms. The van der Waals surface area contributed by atoms with Crippen molar-refractivity contribution in [2.75, 3.05) is 29.0 Å². The number of benzene rings is 2. The number of hydrogen-bond acceptors (Lipinski definition) is 5. The van der Waals surface area contributed by atoms with Crippen LogP contribution in [0.1, 0.15) is 27.1 Å². The van der Waals surface area contributed by atoms with Gasteiger partial charge in [-0.05, 0) is 48.7 Å². The summed E-state index contributed by atoms with van der Waals surface area (Å²) in [6.07, 6.45) is 0.981. The fourth-order valence-electron chi connectivity index (χ4n) is 2.63. The van der Waals surface area contributed by atoms with Crippen molar-refractivity contribution in [3.63, 3.8) is 0 Å². The topological polar surface area (TPSA) is 58.6 Å². The molecule has 0 aliphatic carbocycles. The number of anilines is 2. The lowest BCUT2D eigenvalue weighted by molar-refractivity contribution is 0.0600. The lowest BCUT2D eigenvalue weighted by Gasteiger charge is -2.18. The number of rotatable bonds is 4. The molecule has 0 bridgehead atoms. The second-order valence-corrected chi connectivity index (χ2v) is 7.67. The molecule has 1 amide bonds. The lowest BCUT2D eigenvalue weighted by atomic mass is 10.1. The van der Waals surface area contributed by atoms with Crippen LogP contribution >= 0.6 is 35.1 Å². The molecule has 0 aromatic heterocycles. The van der Waals surface area contributed by atoms with E-state index in [2.05, 4.69) is 10.1 Å². The molecule has 1 aliphatic heterocycles. The summed E-state index contributed by atoms with van der Waals surface area (Å²) in [5.74, 6) is -0.939. The van der Waals surface area contributed by atoms with Crippen molar-refractivity contribution in [3.05, 3.63) is 57.3 Å². The number of carbonyl (C=O) groups is 2. The molecule has 0 unspecified atom stereocenters. The Morgan fingerprint density at radius 2 is 2.00 bits per heavy atom. The maximum absolute atomic E-state index is 14.2. The molecule has 2 aromatic rings. The molecule has 0 saturated carbocycles. The van der Waals surface area contributed by atoms with Crippen LogP contribution in [0.5, 0.6) is 0 Å². The standard InChI is InChI=1S/C18H15Cl2FN2O3S/c1-26-18(25)10-5-11(19)7-12(6-10)22-17(24)14-8-13(9-15(21)16(14)20)23-3-2-4-27-23/h5-9H,2-4H2,1H3,(H,22,24). The van der Waals surface area contributed by atoms with E-state index in [4.69, 9.17) is 23.2 Å². The summed E-state index contributed by atoms with van der Waals surface area (Å²) < 4.78 is 20.8. The van der Waals surface area contributed by atoms with Crippen LogP contribution in [-0.4, -0.2) is 31.3 Å². The van der Waals surface area contributed by atoms with Gasteiger partial charge in [-0.15, -0.1) is 0 Å². The highest BCUT2D eigenvalue weighted by atomic mass is 35.5. The molecule has 1 N–H and O–H groups in total. The first-order chi connectivity index (χ1) is 12.9. The van der Waals surface area contributed by atoms with E-state index in [0.717, 1.165) is 18.7 Å². The number of halogens is 3. The van der Waals surface area contributed by atoms with Gasteiger partial charge in [0.25, 0.3) is 5.91 Å². The predicted molar refractivity (Wildman–Crippen MR) is 107 cm³/mol. The van der Waals surface area contributed by atoms with Gasteiger partial charge >= 0.3 is 5.97 Å². The second-order valence-electron chi connectivity index (χ2n) is 5.75. The summed E-state index contributed by atoms with van der Waals surface area (Å²) in [7, 11) is 1.24. The summed E-state index contributed by atoms with van der Waals surface area (Å²) in [4.78, 5) is 24.4. The van der Waals surface area contributed by atoms with Crippen molar-refractivity contribution in [1.82, 2.24) is 0 Å². The Kier molecular flexibility index (Phi) is 6.14. The average molecular weight is 429 g/mol. The number of methoxy groups -OCH3 is 1. The van der Waals surface area contributed by atoms with Gasteiger partial charge in [0.15, 0.2) is 0 Å². The number of esters is 1. The molecule has 9 heteroatoms. The minimum absolute atomic E-state index is 0.00115. The van der Waals surface area contributed by atoms with Gasteiger partial charge in [0.1, 0.15) is 5.82 Å². The fourth-order valence-corrected chi connectivity index (χ4v) is 4.05. The normalized spacial score (nSPS) is 13.6. The zero-order valence-electron chi connectivity index (χ0n) is 14.2. The van der Waals surface area contributed by atoms with Gasteiger partial charge in [0.2, 0.25) is 0 Å². The largest absolute Gasteiger partial charge is 0.465 e. The zero-order valence-corrected chi connectivity index (χ0v) is 16.6. The van der Waals surface area contributed by atoms with Crippen LogP contribution in [0.2, 0.25) is 10.0 Å². The van der Waals surface area contributed by atoms with Crippen molar-refractivity contribution < 1.29 is 18.7 Å². The van der Waals surface area contributed by atoms with Crippen LogP contribution in [0.15, 0.2) is 30.3 Å². The monoisotopic (exact) mass is 428 g/mol. The van der Waals surface area contributed by atoms with Crippen LogP contribution in [0.3, 0.4) is 0 Å². The van der Waals surface area contributed by atoms with Crippen molar-refractivity contribution in [1.29, 1.82) is 0 Å². The Bertz CT molecular complexity index is 904. The van der Waals surface area contributed by atoms with Gasteiger partial charge < -0.3 is 14.4 Å². The Balaban J connectivity index is 1.90. The third-order valence-corrected chi connectivity index (χ3v) is 5.65. The first-order valence-electron chi connectivity index (χ1n) is 7.99. The quantitative estimate of drug-likeness (QED) is 0.546. The molecule has 142 valence electrons. The maximum atomic E-state index is 14.2. The van der Waals surface area contributed by atoms with Crippen molar-refractivity contribution in [2.24, 2.45) is 0 Å². The molecular formula is C18H15Cl2FN2O3S. The molecule has 2 aromatic carbocycles. The van der Waals surface area contributed by atoms with Gasteiger partial charge in [0, 0.05) is 23.0 Å². The molecular weight excluding hydrogens is 414 g/mol. The van der Waals surface area contributed by atoms with Crippen molar-refractivity contribution in [3.8, 4) is 0 Å². The number of ether oxygens (including phenoxy) is 1. The Morgan fingerprint density at radius 1 is 1.22 bits per heavy atom. The van der Waals surface area contributed by atoms with E-state index in [9.17, 15) is 14.0 Å². The summed E-state index contributed by atoms with van der Waals surface area (Å²) in [5, 5.41) is 2.57. The minimum atomic E-state index is -0.673. The average Bonchev–Trinajstić information content (AvgIpc) is 3.17. The molecule has 1 saturated heterocycles. The highest BCUT2D eigenvalue weighted by Crippen LogP contribution is 2.33. The molecule has 1 heterocycles. The van der Waals surface area contributed by atoms with Gasteiger partial charge in [-0.3, -0.25) is 4.79 Å². The third-order valence-electron chi connectivity index (χ3n) is 3.88. The zero-order chi connectivity index (χ0) is 19.6. The van der Waals surface area contributed by atoms with Crippen LogP contribution in [0.4, 0.5) is 15.8 Å². The highest BCUT2D eigenvalue weighted by Gasteiger charge is 2.21. The second kappa shape index (κ2) is 8.37. The molecule has 3 rings (SSSR count). The number of carbonyl (C=O) groups excluding carboxylic acids is 2. The summed E-state index contributed by atoms with van der Waals surface area (Å²) >= 11 is 13.6. The molecule has 5 nitrogen and oxygen atoms in total. The number of amides is 1. The number of nitrogens with one attached hydrogen (secondary N) is 1. The molecule has 1 aliphatic rings. The van der Waals surface area contributed by atoms with E-state index >= 15 is 0 Å². The first kappa shape index (κ1) is 19.8. The fraction of sp³-hybridized carbons (Fsp3) is 0.222. The Hall–Kier alpha value is -1.96. The lowest BCUT2D eigenvalue weighted by Crippen LogP contribution is -2.16. The predicted octanol–water partition coefficient (Wildman–Crippen LogP) is 5.03. The van der Waals surface area contributed by atoms with Crippen LogP contribution in [-0.2, 0) is 4.74 Å². The van der Waals surface area contributed by atoms with E-state index < -0.39 is 17.7 Å². The minimum Gasteiger partial charge on any atom is -0.465 e. The molecule has 27 heavy (non-hydrogen) atoms. The van der Waals surface area contributed by atoms with Gasteiger partial charge in [-0.2, -0.15) is 0 Å². The van der Waals surface area contributed by atoms with Gasteiger partial charge in [-0.25, -0.2) is 9.18 Å². The van der Waals surface area contributed by atoms with Crippen LogP contribution in [0.25, 0.3) is 0 Å². The Morgan fingerprint density at radius 3 is 2.67 bits per heavy atom. The summed E-state index contributed by atoms with van der Waals surface area (Å²) in [5.41, 5.74) is 1.02. The van der Waals surface area contributed by atoms with E-state index in [-0.39, 0.29) is 26.9 Å². The Labute approximate surface area is 169 Å². The SMILES string of the molecule is COC(=O)c1cc(Cl)cc(NC(=O)c2cc(N3CCCS3)cc(F)c2Cl)c1. The molecule has 0 radical (unpaired) electrons. The van der Waals surface area contributed by atoms with Crippen LogP contribution < -0.4 is 9.62 Å². The molecule has 0 atom stereocenters. The maximum Gasteiger partial charge on any atom is 0.337 e. The molecule has 1 fully saturated rings.